The highest BCUT2D eigenvalue weighted by Crippen LogP contribution is 2.05. The largest absolute Gasteiger partial charge is 0.295 e. The van der Waals surface area contributed by atoms with Crippen LogP contribution >= 0.6 is 0 Å². The molecule has 0 spiro atoms. The van der Waals surface area contributed by atoms with Crippen LogP contribution in [0.1, 0.15) is 22.8 Å². The van der Waals surface area contributed by atoms with Gasteiger partial charge in [0, 0.05) is 23.5 Å². The molecule has 1 heterocycles. The molecule has 0 saturated carbocycles. The molecule has 0 aliphatic rings. The second kappa shape index (κ2) is 6.98. The molecule has 6 heteroatoms. The first kappa shape index (κ1) is 15.9. The Kier molecular flexibility index (Phi) is 5.04. The lowest BCUT2D eigenvalue weighted by molar-refractivity contribution is 0.101. The Morgan fingerprint density at radius 1 is 1.23 bits per heavy atom. The molecule has 22 heavy (non-hydrogen) atoms. The highest BCUT2D eigenvalue weighted by Gasteiger charge is 2.11. The van der Waals surface area contributed by atoms with Crippen LogP contribution in [0.2, 0.25) is 0 Å². The molecule has 2 rings (SSSR count). The lowest BCUT2D eigenvalue weighted by atomic mass is 10.1. The summed E-state index contributed by atoms with van der Waals surface area (Å²) in [5, 5.41) is 0. The van der Waals surface area contributed by atoms with Crippen molar-refractivity contribution in [3.05, 3.63) is 59.9 Å². The first-order chi connectivity index (χ1) is 10.5. The average Bonchev–Trinajstić information content (AvgIpc) is 2.53. The predicted octanol–water partition coefficient (Wildman–Crippen LogP) is 1.61. The number of rotatable bonds is 4. The summed E-state index contributed by atoms with van der Waals surface area (Å²) in [5.41, 5.74) is 1.33. The number of Topliss-reactive ketones (excluding diaryl/α,β-unsaturated/α-hetero) is 1. The van der Waals surface area contributed by atoms with E-state index >= 15 is 0 Å². The van der Waals surface area contributed by atoms with Crippen LogP contribution in [-0.2, 0) is 10.0 Å². The maximum Gasteiger partial charge on any atom is 0.242 e. The number of ketones is 1. The van der Waals surface area contributed by atoms with Gasteiger partial charge >= 0.3 is 0 Å². The number of benzene rings is 1. The zero-order valence-electron chi connectivity index (χ0n) is 11.9. The SMILES string of the molecule is CC(=O)c1ccc(C#CCNS(=O)(=O)c2cccnc2)cc1. The number of aromatic nitrogens is 1. The minimum Gasteiger partial charge on any atom is -0.295 e. The summed E-state index contributed by atoms with van der Waals surface area (Å²) in [7, 11) is -3.59. The average molecular weight is 314 g/mol. The van der Waals surface area contributed by atoms with Crippen LogP contribution in [0.15, 0.2) is 53.7 Å². The van der Waals surface area contributed by atoms with E-state index < -0.39 is 10.0 Å². The molecule has 0 amide bonds. The van der Waals surface area contributed by atoms with Gasteiger partial charge in [-0.15, -0.1) is 0 Å². The zero-order valence-corrected chi connectivity index (χ0v) is 12.7. The first-order valence-electron chi connectivity index (χ1n) is 6.48. The van der Waals surface area contributed by atoms with Crippen molar-refractivity contribution >= 4 is 15.8 Å². The Morgan fingerprint density at radius 2 is 1.95 bits per heavy atom. The third-order valence-corrected chi connectivity index (χ3v) is 4.21. The van der Waals surface area contributed by atoms with E-state index in [0.717, 1.165) is 0 Å². The van der Waals surface area contributed by atoms with Crippen LogP contribution in [0.3, 0.4) is 0 Å². The number of carbonyl (C=O) groups excluding carboxylic acids is 1. The Morgan fingerprint density at radius 3 is 2.55 bits per heavy atom. The maximum atomic E-state index is 11.9. The molecule has 1 aromatic carbocycles. The summed E-state index contributed by atoms with van der Waals surface area (Å²) in [4.78, 5) is 15.0. The van der Waals surface area contributed by atoms with E-state index in [2.05, 4.69) is 21.5 Å². The molecule has 0 aliphatic carbocycles. The summed E-state index contributed by atoms with van der Waals surface area (Å²) >= 11 is 0. The Labute approximate surface area is 129 Å². The molecule has 2 aromatic rings. The smallest absolute Gasteiger partial charge is 0.242 e. The molecule has 0 saturated heterocycles. The van der Waals surface area contributed by atoms with Gasteiger partial charge in [-0.05, 0) is 31.2 Å². The highest BCUT2D eigenvalue weighted by atomic mass is 32.2. The maximum absolute atomic E-state index is 11.9. The van der Waals surface area contributed by atoms with Crippen molar-refractivity contribution in [1.82, 2.24) is 9.71 Å². The van der Waals surface area contributed by atoms with E-state index in [1.54, 1.807) is 30.3 Å². The number of sulfonamides is 1. The summed E-state index contributed by atoms with van der Waals surface area (Å²) in [6.45, 7) is 1.49. The third-order valence-electron chi connectivity index (χ3n) is 2.82. The molecule has 0 atom stereocenters. The van der Waals surface area contributed by atoms with Crippen molar-refractivity contribution in [3.63, 3.8) is 0 Å². The molecule has 112 valence electrons. The standard InChI is InChI=1S/C16H14N2O3S/c1-13(19)15-8-6-14(7-9-15)4-2-11-18-22(20,21)16-5-3-10-17-12-16/h3,5-10,12,18H,11H2,1H3. The van der Waals surface area contributed by atoms with Crippen molar-refractivity contribution in [2.24, 2.45) is 0 Å². The van der Waals surface area contributed by atoms with Crippen LogP contribution < -0.4 is 4.72 Å². The van der Waals surface area contributed by atoms with Crippen molar-refractivity contribution in [1.29, 1.82) is 0 Å². The van der Waals surface area contributed by atoms with E-state index in [9.17, 15) is 13.2 Å². The van der Waals surface area contributed by atoms with Gasteiger partial charge in [0.15, 0.2) is 5.78 Å². The van der Waals surface area contributed by atoms with Gasteiger partial charge in [0.1, 0.15) is 4.90 Å². The van der Waals surface area contributed by atoms with Crippen LogP contribution in [0.5, 0.6) is 0 Å². The van der Waals surface area contributed by atoms with Gasteiger partial charge in [-0.1, -0.05) is 24.0 Å². The van der Waals surface area contributed by atoms with Crippen LogP contribution in [0, 0.1) is 11.8 Å². The Hall–Kier alpha value is -2.49. The second-order valence-electron chi connectivity index (χ2n) is 4.45. The number of nitrogens with one attached hydrogen (secondary N) is 1. The van der Waals surface area contributed by atoms with Crippen molar-refractivity contribution in [3.8, 4) is 11.8 Å². The quantitative estimate of drug-likeness (QED) is 0.687. The molecule has 0 bridgehead atoms. The summed E-state index contributed by atoms with van der Waals surface area (Å²) in [6, 6.07) is 9.83. The molecule has 0 fully saturated rings. The van der Waals surface area contributed by atoms with Gasteiger partial charge in [-0.2, -0.15) is 4.72 Å². The van der Waals surface area contributed by atoms with Gasteiger partial charge in [0.2, 0.25) is 10.0 Å². The fourth-order valence-electron chi connectivity index (χ4n) is 1.66. The zero-order chi connectivity index (χ0) is 16.0. The van der Waals surface area contributed by atoms with E-state index in [1.165, 1.54) is 25.4 Å². The molecule has 0 unspecified atom stereocenters. The van der Waals surface area contributed by atoms with E-state index in [-0.39, 0.29) is 17.2 Å². The minimum absolute atomic E-state index is 0.00825. The lowest BCUT2D eigenvalue weighted by Crippen LogP contribution is -2.24. The fraction of sp³-hybridized carbons (Fsp3) is 0.125. The second-order valence-corrected chi connectivity index (χ2v) is 6.22. The van der Waals surface area contributed by atoms with E-state index in [4.69, 9.17) is 0 Å². The van der Waals surface area contributed by atoms with Gasteiger partial charge in [-0.3, -0.25) is 9.78 Å². The van der Waals surface area contributed by atoms with E-state index in [1.807, 2.05) is 0 Å². The van der Waals surface area contributed by atoms with Crippen LogP contribution in [0.4, 0.5) is 0 Å². The molecule has 1 N–H and O–H groups in total. The van der Waals surface area contributed by atoms with Crippen molar-refractivity contribution in [2.45, 2.75) is 11.8 Å². The number of nitrogens with zero attached hydrogens (tertiary/aromatic N) is 1. The lowest BCUT2D eigenvalue weighted by Gasteiger charge is -2.02. The van der Waals surface area contributed by atoms with Gasteiger partial charge < -0.3 is 0 Å². The summed E-state index contributed by atoms with van der Waals surface area (Å²) in [6.07, 6.45) is 2.78. The van der Waals surface area contributed by atoms with E-state index in [0.29, 0.717) is 11.1 Å². The summed E-state index contributed by atoms with van der Waals surface area (Å²) in [5.74, 6) is 5.55. The van der Waals surface area contributed by atoms with Gasteiger partial charge in [-0.25, -0.2) is 8.42 Å². The molecule has 0 aliphatic heterocycles. The molecular weight excluding hydrogens is 300 g/mol. The summed E-state index contributed by atoms with van der Waals surface area (Å²) < 4.78 is 26.2. The molecule has 1 aromatic heterocycles. The number of hydrogen-bond donors (Lipinski definition) is 1. The van der Waals surface area contributed by atoms with Gasteiger partial charge in [0.05, 0.1) is 6.54 Å². The third kappa shape index (κ3) is 4.25. The predicted molar refractivity (Wildman–Crippen MR) is 82.8 cm³/mol. The molecule has 5 nitrogen and oxygen atoms in total. The highest BCUT2D eigenvalue weighted by molar-refractivity contribution is 7.89. The van der Waals surface area contributed by atoms with Crippen LogP contribution in [-0.4, -0.2) is 25.7 Å². The monoisotopic (exact) mass is 314 g/mol. The number of pyridine rings is 1. The van der Waals surface area contributed by atoms with Gasteiger partial charge in [0.25, 0.3) is 0 Å². The van der Waals surface area contributed by atoms with Crippen molar-refractivity contribution in [2.75, 3.05) is 6.54 Å². The fourth-order valence-corrected chi connectivity index (χ4v) is 2.54. The van der Waals surface area contributed by atoms with Crippen molar-refractivity contribution < 1.29 is 13.2 Å². The normalized spacial score (nSPS) is 10.6. The molecule has 0 radical (unpaired) electrons. The Balaban J connectivity index is 1.98. The van der Waals surface area contributed by atoms with Crippen LogP contribution in [0.25, 0.3) is 0 Å². The first-order valence-corrected chi connectivity index (χ1v) is 7.97. The topological polar surface area (TPSA) is 76.1 Å². The minimum atomic E-state index is -3.59. The number of hydrogen-bond acceptors (Lipinski definition) is 4. The Bertz CT molecular complexity index is 817. The number of carbonyl (C=O) groups is 1. The molecular formula is C16H14N2O3S.